The zero-order valence-electron chi connectivity index (χ0n) is 14.6. The molecule has 0 aliphatic heterocycles. The van der Waals surface area contributed by atoms with E-state index in [4.69, 9.17) is 16.3 Å². The van der Waals surface area contributed by atoms with Crippen LogP contribution in [-0.4, -0.2) is 0 Å². The first kappa shape index (κ1) is 19.0. The summed E-state index contributed by atoms with van der Waals surface area (Å²) in [4.78, 5) is 0. The van der Waals surface area contributed by atoms with Gasteiger partial charge in [0.05, 0.1) is 0 Å². The Morgan fingerprint density at radius 2 is 1.69 bits per heavy atom. The molecule has 3 aromatic carbocycles. The van der Waals surface area contributed by atoms with E-state index in [1.165, 1.54) is 5.56 Å². The summed E-state index contributed by atoms with van der Waals surface area (Å²) in [6.07, 6.45) is 0. The molecule has 0 fully saturated rings. The van der Waals surface area contributed by atoms with Gasteiger partial charge < -0.3 is 10.1 Å². The molecule has 0 saturated heterocycles. The van der Waals surface area contributed by atoms with Gasteiger partial charge in [0.15, 0.2) is 0 Å². The van der Waals surface area contributed by atoms with Crippen LogP contribution >= 0.6 is 27.5 Å². The highest BCUT2D eigenvalue weighted by Crippen LogP contribution is 2.26. The van der Waals surface area contributed by atoms with Crippen LogP contribution in [0.2, 0.25) is 5.02 Å². The molecule has 1 N–H and O–H groups in total. The SMILES string of the molecule is CC(NCc1cc(Br)ccc1OCc1ccccc1Cl)c1ccccc1. The minimum Gasteiger partial charge on any atom is -0.489 e. The van der Waals surface area contributed by atoms with Crippen molar-refractivity contribution >= 4 is 27.5 Å². The van der Waals surface area contributed by atoms with Gasteiger partial charge in [-0.15, -0.1) is 0 Å². The Hall–Kier alpha value is -1.81. The number of hydrogen-bond donors (Lipinski definition) is 1. The van der Waals surface area contributed by atoms with Gasteiger partial charge in [-0.2, -0.15) is 0 Å². The Kier molecular flexibility index (Phi) is 6.73. The number of hydrogen-bond acceptors (Lipinski definition) is 2. The molecule has 0 radical (unpaired) electrons. The molecule has 0 saturated carbocycles. The molecule has 0 bridgehead atoms. The number of nitrogens with one attached hydrogen (secondary N) is 1. The number of ether oxygens (including phenoxy) is 1. The second-order valence-corrected chi connectivity index (χ2v) is 7.47. The summed E-state index contributed by atoms with van der Waals surface area (Å²) in [7, 11) is 0. The molecule has 0 amide bonds. The summed E-state index contributed by atoms with van der Waals surface area (Å²) in [6, 6.07) is 24.5. The van der Waals surface area contributed by atoms with Gasteiger partial charge in [0.25, 0.3) is 0 Å². The summed E-state index contributed by atoms with van der Waals surface area (Å²) in [5, 5.41) is 4.29. The van der Waals surface area contributed by atoms with Gasteiger partial charge >= 0.3 is 0 Å². The van der Waals surface area contributed by atoms with E-state index in [0.29, 0.717) is 13.2 Å². The van der Waals surface area contributed by atoms with Crippen molar-refractivity contribution in [2.45, 2.75) is 26.1 Å². The average molecular weight is 431 g/mol. The standard InChI is InChI=1S/C22H21BrClNO/c1-16(17-7-3-2-4-8-17)25-14-19-13-20(23)11-12-22(19)26-15-18-9-5-6-10-21(18)24/h2-13,16,25H,14-15H2,1H3. The zero-order chi connectivity index (χ0) is 18.4. The highest BCUT2D eigenvalue weighted by molar-refractivity contribution is 9.10. The van der Waals surface area contributed by atoms with Crippen molar-refractivity contribution in [1.82, 2.24) is 5.32 Å². The van der Waals surface area contributed by atoms with Crippen molar-refractivity contribution in [3.63, 3.8) is 0 Å². The minimum atomic E-state index is 0.256. The van der Waals surface area contributed by atoms with E-state index < -0.39 is 0 Å². The lowest BCUT2D eigenvalue weighted by molar-refractivity contribution is 0.301. The topological polar surface area (TPSA) is 21.3 Å². The third kappa shape index (κ3) is 5.10. The van der Waals surface area contributed by atoms with Crippen LogP contribution in [0.1, 0.15) is 29.7 Å². The normalized spacial score (nSPS) is 12.0. The Balaban J connectivity index is 1.69. The molecule has 0 aromatic heterocycles. The maximum absolute atomic E-state index is 6.23. The van der Waals surface area contributed by atoms with E-state index in [0.717, 1.165) is 26.4 Å². The summed E-state index contributed by atoms with van der Waals surface area (Å²) in [5.41, 5.74) is 3.35. The van der Waals surface area contributed by atoms with Crippen molar-refractivity contribution in [1.29, 1.82) is 0 Å². The number of halogens is 2. The maximum Gasteiger partial charge on any atom is 0.124 e. The Bertz CT molecular complexity index is 854. The lowest BCUT2D eigenvalue weighted by Crippen LogP contribution is -2.18. The molecule has 0 heterocycles. The van der Waals surface area contributed by atoms with Crippen LogP contribution in [0.25, 0.3) is 0 Å². The summed E-state index contributed by atoms with van der Waals surface area (Å²) >= 11 is 9.78. The highest BCUT2D eigenvalue weighted by atomic mass is 79.9. The molecule has 4 heteroatoms. The van der Waals surface area contributed by atoms with Gasteiger partial charge in [-0.05, 0) is 36.8 Å². The Labute approximate surface area is 168 Å². The first-order chi connectivity index (χ1) is 12.6. The smallest absolute Gasteiger partial charge is 0.124 e. The van der Waals surface area contributed by atoms with Gasteiger partial charge in [0.2, 0.25) is 0 Å². The molecular weight excluding hydrogens is 410 g/mol. The van der Waals surface area contributed by atoms with Gasteiger partial charge in [0, 0.05) is 33.2 Å². The minimum absolute atomic E-state index is 0.256. The van der Waals surface area contributed by atoms with E-state index in [1.807, 2.05) is 42.5 Å². The van der Waals surface area contributed by atoms with Gasteiger partial charge in [0.1, 0.15) is 12.4 Å². The van der Waals surface area contributed by atoms with Crippen LogP contribution in [0.15, 0.2) is 77.3 Å². The van der Waals surface area contributed by atoms with Gasteiger partial charge in [-0.1, -0.05) is 76.1 Å². The lowest BCUT2D eigenvalue weighted by Gasteiger charge is -2.17. The fourth-order valence-electron chi connectivity index (χ4n) is 2.72. The van der Waals surface area contributed by atoms with Crippen LogP contribution in [0.5, 0.6) is 5.75 Å². The van der Waals surface area contributed by atoms with Crippen molar-refractivity contribution in [3.8, 4) is 5.75 Å². The van der Waals surface area contributed by atoms with E-state index >= 15 is 0 Å². The first-order valence-electron chi connectivity index (χ1n) is 8.56. The molecule has 0 aliphatic carbocycles. The van der Waals surface area contributed by atoms with Crippen LogP contribution in [-0.2, 0) is 13.2 Å². The van der Waals surface area contributed by atoms with Crippen molar-refractivity contribution < 1.29 is 4.74 Å². The van der Waals surface area contributed by atoms with Crippen LogP contribution in [0.4, 0.5) is 0 Å². The third-order valence-electron chi connectivity index (χ3n) is 4.26. The summed E-state index contributed by atoms with van der Waals surface area (Å²) in [5.74, 6) is 0.862. The van der Waals surface area contributed by atoms with Crippen LogP contribution in [0.3, 0.4) is 0 Å². The molecule has 2 nitrogen and oxygen atoms in total. The molecule has 0 spiro atoms. The molecular formula is C22H21BrClNO. The number of rotatable bonds is 7. The summed E-state index contributed by atoms with van der Waals surface area (Å²) < 4.78 is 7.09. The van der Waals surface area contributed by atoms with Gasteiger partial charge in [-0.25, -0.2) is 0 Å². The second kappa shape index (κ2) is 9.22. The van der Waals surface area contributed by atoms with E-state index in [-0.39, 0.29) is 6.04 Å². The number of benzene rings is 3. The fourth-order valence-corrected chi connectivity index (χ4v) is 3.32. The second-order valence-electron chi connectivity index (χ2n) is 6.15. The molecule has 3 rings (SSSR count). The fraction of sp³-hybridized carbons (Fsp3) is 0.182. The first-order valence-corrected chi connectivity index (χ1v) is 9.73. The van der Waals surface area contributed by atoms with Crippen molar-refractivity contribution in [2.75, 3.05) is 0 Å². The van der Waals surface area contributed by atoms with Gasteiger partial charge in [-0.3, -0.25) is 0 Å². The third-order valence-corrected chi connectivity index (χ3v) is 5.12. The average Bonchev–Trinajstić information content (AvgIpc) is 2.67. The monoisotopic (exact) mass is 429 g/mol. The van der Waals surface area contributed by atoms with E-state index in [2.05, 4.69) is 58.5 Å². The van der Waals surface area contributed by atoms with Crippen LogP contribution in [0, 0.1) is 0 Å². The van der Waals surface area contributed by atoms with Crippen LogP contribution < -0.4 is 10.1 Å². The Morgan fingerprint density at radius 1 is 0.962 bits per heavy atom. The predicted molar refractivity (Wildman–Crippen MR) is 112 cm³/mol. The van der Waals surface area contributed by atoms with E-state index in [9.17, 15) is 0 Å². The zero-order valence-corrected chi connectivity index (χ0v) is 16.9. The highest BCUT2D eigenvalue weighted by Gasteiger charge is 2.09. The molecule has 3 aromatic rings. The Morgan fingerprint density at radius 3 is 2.46 bits per heavy atom. The predicted octanol–water partition coefficient (Wildman–Crippen LogP) is 6.53. The molecule has 1 atom stereocenters. The molecule has 0 aliphatic rings. The molecule has 134 valence electrons. The quantitative estimate of drug-likeness (QED) is 0.460. The van der Waals surface area contributed by atoms with Crippen molar-refractivity contribution in [3.05, 3.63) is 99.0 Å². The maximum atomic E-state index is 6.23. The summed E-state index contributed by atoms with van der Waals surface area (Å²) in [6.45, 7) is 3.33. The van der Waals surface area contributed by atoms with Crippen molar-refractivity contribution in [2.24, 2.45) is 0 Å². The lowest BCUT2D eigenvalue weighted by atomic mass is 10.1. The van der Waals surface area contributed by atoms with E-state index in [1.54, 1.807) is 0 Å². The molecule has 1 unspecified atom stereocenters. The molecule has 26 heavy (non-hydrogen) atoms. The largest absolute Gasteiger partial charge is 0.489 e.